The number of carbonyl (C=O) groups is 1. The van der Waals surface area contributed by atoms with Crippen LogP contribution in [0.1, 0.15) is 29.9 Å². The summed E-state index contributed by atoms with van der Waals surface area (Å²) in [4.78, 5) is 13.3. The van der Waals surface area contributed by atoms with Crippen LogP contribution < -0.4 is 5.32 Å². The molecule has 1 aliphatic rings. The van der Waals surface area contributed by atoms with Gasteiger partial charge in [-0.05, 0) is 30.3 Å². The molecule has 16 heavy (non-hydrogen) atoms. The fraction of sp³-hybridized carbons (Fsp3) is 0.583. The third-order valence-corrected chi connectivity index (χ3v) is 4.91. The first-order chi connectivity index (χ1) is 7.58. The SMILES string of the molecule is CC(C)C1(C(=O)c2sccc2Cl)CCNC1. The highest BCUT2D eigenvalue weighted by Crippen LogP contribution is 2.40. The van der Waals surface area contributed by atoms with E-state index in [0.717, 1.165) is 24.4 Å². The van der Waals surface area contributed by atoms with Crippen molar-refractivity contribution in [3.8, 4) is 0 Å². The number of carbonyl (C=O) groups excluding carboxylic acids is 1. The lowest BCUT2D eigenvalue weighted by atomic mass is 9.72. The maximum atomic E-state index is 12.6. The van der Waals surface area contributed by atoms with Gasteiger partial charge in [0.15, 0.2) is 5.78 Å². The summed E-state index contributed by atoms with van der Waals surface area (Å²) < 4.78 is 0. The molecule has 1 atom stereocenters. The Labute approximate surface area is 105 Å². The zero-order chi connectivity index (χ0) is 11.8. The fourth-order valence-electron chi connectivity index (χ4n) is 2.34. The highest BCUT2D eigenvalue weighted by molar-refractivity contribution is 7.12. The zero-order valence-corrected chi connectivity index (χ0v) is 11.1. The number of thiophene rings is 1. The van der Waals surface area contributed by atoms with Crippen LogP contribution in [0, 0.1) is 11.3 Å². The predicted molar refractivity (Wildman–Crippen MR) is 68.4 cm³/mol. The monoisotopic (exact) mass is 257 g/mol. The van der Waals surface area contributed by atoms with Gasteiger partial charge in [-0.25, -0.2) is 0 Å². The molecule has 88 valence electrons. The van der Waals surface area contributed by atoms with E-state index in [0.29, 0.717) is 10.9 Å². The lowest BCUT2D eigenvalue weighted by molar-refractivity contribution is 0.0745. The molecule has 0 aromatic carbocycles. The predicted octanol–water partition coefficient (Wildman–Crippen LogP) is 3.22. The average molecular weight is 258 g/mol. The minimum absolute atomic E-state index is 0.215. The summed E-state index contributed by atoms with van der Waals surface area (Å²) in [5.41, 5.74) is -0.255. The molecule has 4 heteroatoms. The van der Waals surface area contributed by atoms with Gasteiger partial charge in [0.1, 0.15) is 0 Å². The van der Waals surface area contributed by atoms with Gasteiger partial charge >= 0.3 is 0 Å². The van der Waals surface area contributed by atoms with Gasteiger partial charge in [0.05, 0.1) is 15.3 Å². The van der Waals surface area contributed by atoms with Gasteiger partial charge in [0.2, 0.25) is 0 Å². The molecule has 0 saturated carbocycles. The molecule has 0 bridgehead atoms. The molecule has 1 N–H and O–H groups in total. The molecule has 1 aromatic heterocycles. The molecule has 0 radical (unpaired) electrons. The molecule has 1 aliphatic heterocycles. The van der Waals surface area contributed by atoms with Crippen LogP contribution in [0.2, 0.25) is 5.02 Å². The molecule has 2 heterocycles. The fourth-order valence-corrected chi connectivity index (χ4v) is 3.53. The summed E-state index contributed by atoms with van der Waals surface area (Å²) in [6.07, 6.45) is 0.914. The minimum Gasteiger partial charge on any atom is -0.316 e. The zero-order valence-electron chi connectivity index (χ0n) is 9.55. The van der Waals surface area contributed by atoms with Crippen molar-refractivity contribution in [1.82, 2.24) is 5.32 Å². The van der Waals surface area contributed by atoms with Crippen molar-refractivity contribution >= 4 is 28.7 Å². The maximum absolute atomic E-state index is 12.6. The van der Waals surface area contributed by atoms with Crippen LogP contribution in [-0.2, 0) is 0 Å². The molecule has 1 unspecified atom stereocenters. The van der Waals surface area contributed by atoms with Crippen LogP contribution >= 0.6 is 22.9 Å². The number of hydrogen-bond acceptors (Lipinski definition) is 3. The van der Waals surface area contributed by atoms with Gasteiger partial charge < -0.3 is 5.32 Å². The second-order valence-electron chi connectivity index (χ2n) is 4.66. The standard InChI is InChI=1S/C12H16ClNOS/c1-8(2)12(4-5-14-7-12)11(15)10-9(13)3-6-16-10/h3,6,8,14H,4-5,7H2,1-2H3. The van der Waals surface area contributed by atoms with Gasteiger partial charge in [-0.15, -0.1) is 11.3 Å². The molecule has 0 spiro atoms. The van der Waals surface area contributed by atoms with E-state index in [1.807, 2.05) is 5.38 Å². The smallest absolute Gasteiger partial charge is 0.182 e. The van der Waals surface area contributed by atoms with Crippen molar-refractivity contribution < 1.29 is 4.79 Å². The van der Waals surface area contributed by atoms with Crippen LogP contribution in [0.3, 0.4) is 0 Å². The number of rotatable bonds is 3. The number of halogens is 1. The molecule has 1 saturated heterocycles. The number of hydrogen-bond donors (Lipinski definition) is 1. The maximum Gasteiger partial charge on any atom is 0.182 e. The number of ketones is 1. The van der Waals surface area contributed by atoms with Crippen LogP contribution in [-0.4, -0.2) is 18.9 Å². The first kappa shape index (κ1) is 12.1. The normalized spacial score (nSPS) is 25.2. The van der Waals surface area contributed by atoms with E-state index >= 15 is 0 Å². The minimum atomic E-state index is -0.255. The van der Waals surface area contributed by atoms with E-state index in [2.05, 4.69) is 19.2 Å². The molecule has 1 aromatic rings. The molecular weight excluding hydrogens is 242 g/mol. The third-order valence-electron chi connectivity index (χ3n) is 3.57. The average Bonchev–Trinajstić information content (AvgIpc) is 2.85. The van der Waals surface area contributed by atoms with Gasteiger partial charge in [-0.2, -0.15) is 0 Å². The summed E-state index contributed by atoms with van der Waals surface area (Å²) in [5, 5.41) is 5.78. The van der Waals surface area contributed by atoms with Gasteiger partial charge in [-0.3, -0.25) is 4.79 Å². The third kappa shape index (κ3) is 1.81. The largest absolute Gasteiger partial charge is 0.316 e. The summed E-state index contributed by atoms with van der Waals surface area (Å²) >= 11 is 7.50. The van der Waals surface area contributed by atoms with Crippen LogP contribution in [0.5, 0.6) is 0 Å². The Morgan fingerprint density at radius 2 is 2.38 bits per heavy atom. The summed E-state index contributed by atoms with van der Waals surface area (Å²) in [6.45, 7) is 5.93. The van der Waals surface area contributed by atoms with E-state index in [-0.39, 0.29) is 11.2 Å². The lowest BCUT2D eigenvalue weighted by Crippen LogP contribution is -2.38. The van der Waals surface area contributed by atoms with Crippen molar-refractivity contribution in [2.24, 2.45) is 11.3 Å². The van der Waals surface area contributed by atoms with Crippen molar-refractivity contribution in [1.29, 1.82) is 0 Å². The highest BCUT2D eigenvalue weighted by atomic mass is 35.5. The van der Waals surface area contributed by atoms with E-state index in [4.69, 9.17) is 11.6 Å². The Kier molecular flexibility index (Phi) is 3.38. The number of nitrogens with one attached hydrogen (secondary N) is 1. The first-order valence-corrected chi connectivity index (χ1v) is 6.82. The Morgan fingerprint density at radius 3 is 2.81 bits per heavy atom. The van der Waals surface area contributed by atoms with Crippen molar-refractivity contribution in [2.45, 2.75) is 20.3 Å². The van der Waals surface area contributed by atoms with E-state index < -0.39 is 0 Å². The van der Waals surface area contributed by atoms with Gasteiger partial charge in [0.25, 0.3) is 0 Å². The van der Waals surface area contributed by atoms with Crippen molar-refractivity contribution in [2.75, 3.05) is 13.1 Å². The first-order valence-electron chi connectivity index (χ1n) is 5.56. The van der Waals surface area contributed by atoms with Crippen LogP contribution in [0.4, 0.5) is 0 Å². The Hall–Kier alpha value is -0.380. The molecule has 2 nitrogen and oxygen atoms in total. The van der Waals surface area contributed by atoms with Crippen LogP contribution in [0.25, 0.3) is 0 Å². The number of Topliss-reactive ketones (excluding diaryl/α,β-unsaturated/α-hetero) is 1. The Balaban J connectivity index is 2.35. The Bertz CT molecular complexity index is 393. The highest BCUT2D eigenvalue weighted by Gasteiger charge is 2.44. The van der Waals surface area contributed by atoms with E-state index in [9.17, 15) is 4.79 Å². The van der Waals surface area contributed by atoms with Crippen molar-refractivity contribution in [3.05, 3.63) is 21.3 Å². The second-order valence-corrected chi connectivity index (χ2v) is 5.99. The van der Waals surface area contributed by atoms with Gasteiger partial charge in [-0.1, -0.05) is 25.4 Å². The van der Waals surface area contributed by atoms with E-state index in [1.165, 1.54) is 11.3 Å². The quantitative estimate of drug-likeness (QED) is 0.843. The second kappa shape index (κ2) is 4.47. The van der Waals surface area contributed by atoms with Crippen molar-refractivity contribution in [3.63, 3.8) is 0 Å². The van der Waals surface area contributed by atoms with E-state index in [1.54, 1.807) is 6.07 Å². The molecule has 2 rings (SSSR count). The summed E-state index contributed by atoms with van der Waals surface area (Å²) in [7, 11) is 0. The summed E-state index contributed by atoms with van der Waals surface area (Å²) in [5.74, 6) is 0.556. The molecule has 0 aliphatic carbocycles. The van der Waals surface area contributed by atoms with Crippen LogP contribution in [0.15, 0.2) is 11.4 Å². The Morgan fingerprint density at radius 1 is 1.62 bits per heavy atom. The summed E-state index contributed by atoms with van der Waals surface area (Å²) in [6, 6.07) is 1.80. The molecular formula is C12H16ClNOS. The molecule has 0 amide bonds. The lowest BCUT2D eigenvalue weighted by Gasteiger charge is -2.30. The van der Waals surface area contributed by atoms with Gasteiger partial charge in [0, 0.05) is 6.54 Å². The topological polar surface area (TPSA) is 29.1 Å². The molecule has 1 fully saturated rings.